The number of halogens is 3. The van der Waals surface area contributed by atoms with Gasteiger partial charge in [0.1, 0.15) is 0 Å². The van der Waals surface area contributed by atoms with E-state index in [9.17, 15) is 13.2 Å². The SMILES string of the molecule is CC1=NC(C(F)(F)F)C(C)C(C)N1. The Hall–Kier alpha value is -0.740. The summed E-state index contributed by atoms with van der Waals surface area (Å²) >= 11 is 0. The lowest BCUT2D eigenvalue weighted by Crippen LogP contribution is -2.50. The fourth-order valence-electron chi connectivity index (χ4n) is 1.47. The molecule has 0 amide bonds. The highest BCUT2D eigenvalue weighted by Crippen LogP contribution is 2.31. The number of alkyl halides is 3. The Labute approximate surface area is 75.2 Å². The smallest absolute Gasteiger partial charge is 0.371 e. The lowest BCUT2D eigenvalue weighted by molar-refractivity contribution is -0.159. The van der Waals surface area contributed by atoms with E-state index in [0.29, 0.717) is 5.84 Å². The van der Waals surface area contributed by atoms with Crippen LogP contribution in [0.5, 0.6) is 0 Å². The average molecular weight is 194 g/mol. The zero-order valence-corrected chi connectivity index (χ0v) is 7.81. The predicted octanol–water partition coefficient (Wildman–Crippen LogP) is 1.96. The molecule has 2 nitrogen and oxygen atoms in total. The van der Waals surface area contributed by atoms with Crippen LogP contribution in [-0.2, 0) is 0 Å². The van der Waals surface area contributed by atoms with Crippen LogP contribution in [0.4, 0.5) is 13.2 Å². The van der Waals surface area contributed by atoms with Crippen molar-refractivity contribution in [1.82, 2.24) is 5.32 Å². The molecular formula is C8H13F3N2. The van der Waals surface area contributed by atoms with E-state index in [0.717, 1.165) is 0 Å². The van der Waals surface area contributed by atoms with Gasteiger partial charge >= 0.3 is 6.18 Å². The van der Waals surface area contributed by atoms with Gasteiger partial charge in [-0.1, -0.05) is 6.92 Å². The average Bonchev–Trinajstić information content (AvgIpc) is 1.94. The quantitative estimate of drug-likeness (QED) is 0.626. The molecule has 0 saturated heterocycles. The van der Waals surface area contributed by atoms with Gasteiger partial charge in [0.15, 0.2) is 6.04 Å². The molecule has 1 rings (SSSR count). The van der Waals surface area contributed by atoms with Crippen LogP contribution in [-0.4, -0.2) is 24.1 Å². The number of nitrogens with zero attached hydrogens (tertiary/aromatic N) is 1. The molecule has 0 aromatic rings. The van der Waals surface area contributed by atoms with Crippen molar-refractivity contribution < 1.29 is 13.2 Å². The highest BCUT2D eigenvalue weighted by molar-refractivity contribution is 5.80. The van der Waals surface area contributed by atoms with Crippen molar-refractivity contribution in [3.8, 4) is 0 Å². The maximum atomic E-state index is 12.4. The Kier molecular flexibility index (Phi) is 2.54. The molecule has 1 aliphatic heterocycles. The fraction of sp³-hybridized carbons (Fsp3) is 0.875. The second-order valence-corrected chi connectivity index (χ2v) is 3.49. The lowest BCUT2D eigenvalue weighted by atomic mass is 9.93. The van der Waals surface area contributed by atoms with Gasteiger partial charge < -0.3 is 5.32 Å². The van der Waals surface area contributed by atoms with Crippen LogP contribution in [0.25, 0.3) is 0 Å². The van der Waals surface area contributed by atoms with E-state index in [2.05, 4.69) is 10.3 Å². The van der Waals surface area contributed by atoms with Crippen LogP contribution < -0.4 is 5.32 Å². The first kappa shape index (κ1) is 10.3. The molecule has 1 heterocycles. The lowest BCUT2D eigenvalue weighted by Gasteiger charge is -2.33. The Morgan fingerprint density at radius 3 is 2.31 bits per heavy atom. The Balaban J connectivity index is 2.89. The summed E-state index contributed by atoms with van der Waals surface area (Å²) < 4.78 is 37.2. The number of rotatable bonds is 0. The van der Waals surface area contributed by atoms with E-state index in [-0.39, 0.29) is 6.04 Å². The van der Waals surface area contributed by atoms with E-state index in [1.807, 2.05) is 0 Å². The second kappa shape index (κ2) is 3.20. The van der Waals surface area contributed by atoms with Crippen molar-refractivity contribution in [1.29, 1.82) is 0 Å². The molecule has 0 aliphatic carbocycles. The van der Waals surface area contributed by atoms with E-state index in [1.165, 1.54) is 0 Å². The minimum Gasteiger partial charge on any atom is -0.371 e. The first-order valence-corrected chi connectivity index (χ1v) is 4.20. The summed E-state index contributed by atoms with van der Waals surface area (Å²) in [5, 5.41) is 2.88. The molecule has 3 unspecified atom stereocenters. The molecular weight excluding hydrogens is 181 g/mol. The summed E-state index contributed by atoms with van der Waals surface area (Å²) in [5.41, 5.74) is 0. The first-order chi connectivity index (χ1) is 5.82. The van der Waals surface area contributed by atoms with Crippen LogP contribution in [0.2, 0.25) is 0 Å². The standard InChI is InChI=1S/C8H13F3N2/c1-4-5(2)12-6(3)13-7(4)8(9,10)11/h4-5,7H,1-3H3,(H,12,13). The van der Waals surface area contributed by atoms with Gasteiger partial charge in [0, 0.05) is 12.0 Å². The van der Waals surface area contributed by atoms with E-state index in [4.69, 9.17) is 0 Å². The summed E-state index contributed by atoms with van der Waals surface area (Å²) in [7, 11) is 0. The predicted molar refractivity (Wildman–Crippen MR) is 44.7 cm³/mol. The maximum Gasteiger partial charge on any atom is 0.411 e. The van der Waals surface area contributed by atoms with Crippen LogP contribution in [0, 0.1) is 5.92 Å². The topological polar surface area (TPSA) is 24.4 Å². The molecule has 3 atom stereocenters. The molecule has 0 fully saturated rings. The van der Waals surface area contributed by atoms with Crippen LogP contribution in [0.1, 0.15) is 20.8 Å². The van der Waals surface area contributed by atoms with Gasteiger partial charge in [0.2, 0.25) is 0 Å². The van der Waals surface area contributed by atoms with Crippen molar-refractivity contribution in [3.05, 3.63) is 0 Å². The Bertz CT molecular complexity index is 222. The van der Waals surface area contributed by atoms with E-state index < -0.39 is 18.1 Å². The molecule has 0 saturated carbocycles. The van der Waals surface area contributed by atoms with Crippen molar-refractivity contribution in [2.75, 3.05) is 0 Å². The molecule has 1 aliphatic rings. The Morgan fingerprint density at radius 2 is 1.85 bits per heavy atom. The van der Waals surface area contributed by atoms with Gasteiger partial charge in [-0.15, -0.1) is 0 Å². The summed E-state index contributed by atoms with van der Waals surface area (Å²) in [6.45, 7) is 4.86. The monoisotopic (exact) mass is 194 g/mol. The third kappa shape index (κ3) is 2.14. The van der Waals surface area contributed by atoms with Crippen LogP contribution in [0.3, 0.4) is 0 Å². The number of hydrogen-bond donors (Lipinski definition) is 1. The summed E-state index contributed by atoms with van der Waals surface area (Å²) in [5.74, 6) is -0.142. The fourth-order valence-corrected chi connectivity index (χ4v) is 1.47. The van der Waals surface area contributed by atoms with Crippen molar-refractivity contribution in [3.63, 3.8) is 0 Å². The van der Waals surface area contributed by atoms with Crippen molar-refractivity contribution >= 4 is 5.84 Å². The summed E-state index contributed by atoms with van der Waals surface area (Å²) in [6, 6.07) is -1.73. The molecule has 0 aromatic heterocycles. The third-order valence-corrected chi connectivity index (χ3v) is 2.39. The van der Waals surface area contributed by atoms with Crippen molar-refractivity contribution in [2.24, 2.45) is 10.9 Å². The van der Waals surface area contributed by atoms with Gasteiger partial charge in [-0.25, -0.2) is 0 Å². The zero-order valence-electron chi connectivity index (χ0n) is 7.81. The first-order valence-electron chi connectivity index (χ1n) is 4.20. The van der Waals surface area contributed by atoms with Gasteiger partial charge in [0.05, 0.1) is 5.84 Å². The van der Waals surface area contributed by atoms with Crippen molar-refractivity contribution in [2.45, 2.75) is 39.0 Å². The molecule has 0 spiro atoms. The highest BCUT2D eigenvalue weighted by atomic mass is 19.4. The van der Waals surface area contributed by atoms with Gasteiger partial charge in [-0.2, -0.15) is 13.2 Å². The van der Waals surface area contributed by atoms with Gasteiger partial charge in [0.25, 0.3) is 0 Å². The van der Waals surface area contributed by atoms with E-state index in [1.54, 1.807) is 20.8 Å². The van der Waals surface area contributed by atoms with Gasteiger partial charge in [-0.05, 0) is 13.8 Å². The highest BCUT2D eigenvalue weighted by Gasteiger charge is 2.46. The minimum absolute atomic E-state index is 0.177. The number of amidine groups is 1. The molecule has 0 radical (unpaired) electrons. The summed E-state index contributed by atoms with van der Waals surface area (Å²) in [6.07, 6.45) is -4.23. The third-order valence-electron chi connectivity index (χ3n) is 2.39. The molecule has 0 bridgehead atoms. The Morgan fingerprint density at radius 1 is 1.31 bits per heavy atom. The maximum absolute atomic E-state index is 12.4. The number of hydrogen-bond acceptors (Lipinski definition) is 2. The largest absolute Gasteiger partial charge is 0.411 e. The number of aliphatic imine (C=N–C) groups is 1. The van der Waals surface area contributed by atoms with Crippen LogP contribution in [0.15, 0.2) is 4.99 Å². The second-order valence-electron chi connectivity index (χ2n) is 3.49. The molecule has 0 aromatic carbocycles. The number of nitrogens with one attached hydrogen (secondary N) is 1. The van der Waals surface area contributed by atoms with Crippen LogP contribution >= 0.6 is 0 Å². The minimum atomic E-state index is -4.23. The molecule has 5 heteroatoms. The molecule has 76 valence electrons. The summed E-state index contributed by atoms with van der Waals surface area (Å²) in [4.78, 5) is 3.57. The zero-order chi connectivity index (χ0) is 10.2. The van der Waals surface area contributed by atoms with E-state index >= 15 is 0 Å². The molecule has 13 heavy (non-hydrogen) atoms. The van der Waals surface area contributed by atoms with Gasteiger partial charge in [-0.3, -0.25) is 4.99 Å². The normalized spacial score (nSPS) is 35.2. The molecule has 1 N–H and O–H groups in total.